The molecule has 0 bridgehead atoms. The van der Waals surface area contributed by atoms with Gasteiger partial charge in [-0.15, -0.1) is 11.3 Å². The number of piperidine rings is 1. The van der Waals surface area contributed by atoms with Gasteiger partial charge in [0.1, 0.15) is 22.0 Å². The van der Waals surface area contributed by atoms with Gasteiger partial charge in [-0.1, -0.05) is 111 Å². The summed E-state index contributed by atoms with van der Waals surface area (Å²) in [4.78, 5) is 54.8. The lowest BCUT2D eigenvalue weighted by Crippen LogP contribution is -2.37. The molecule has 376 valence electrons. The number of nitriles is 1. The molecule has 13 heteroatoms. The Morgan fingerprint density at radius 3 is 2.11 bits per heavy atom. The van der Waals surface area contributed by atoms with Crippen LogP contribution in [0.15, 0.2) is 103 Å². The number of amides is 2. The van der Waals surface area contributed by atoms with E-state index < -0.39 is 6.04 Å². The van der Waals surface area contributed by atoms with Crippen LogP contribution in [0.1, 0.15) is 149 Å². The maximum Gasteiger partial charge on any atom is 0.266 e. The Morgan fingerprint density at radius 2 is 1.41 bits per heavy atom. The van der Waals surface area contributed by atoms with Crippen LogP contribution in [0.3, 0.4) is 0 Å². The highest BCUT2D eigenvalue weighted by Crippen LogP contribution is 2.44. The van der Waals surface area contributed by atoms with E-state index in [0.717, 1.165) is 97.5 Å². The van der Waals surface area contributed by atoms with Gasteiger partial charge in [-0.3, -0.25) is 19.4 Å². The summed E-state index contributed by atoms with van der Waals surface area (Å²) in [7, 11) is 0. The molecule has 0 saturated carbocycles. The van der Waals surface area contributed by atoms with Crippen LogP contribution in [0.25, 0.3) is 32.2 Å². The van der Waals surface area contributed by atoms with Crippen molar-refractivity contribution in [2.45, 2.75) is 110 Å². The third-order valence-corrected chi connectivity index (χ3v) is 16.7. The van der Waals surface area contributed by atoms with Crippen molar-refractivity contribution in [1.82, 2.24) is 40.0 Å². The fourth-order valence-electron chi connectivity index (χ4n) is 11.0. The van der Waals surface area contributed by atoms with Crippen molar-refractivity contribution in [3.63, 3.8) is 0 Å². The number of H-pyrrole nitrogens is 2. The number of hydrogen-bond acceptors (Lipinski definition) is 8. The van der Waals surface area contributed by atoms with Crippen molar-refractivity contribution < 1.29 is 9.59 Å². The maximum atomic E-state index is 15.8. The predicted octanol–water partition coefficient (Wildman–Crippen LogP) is 12.9. The Labute approximate surface area is 438 Å². The number of carbonyl (C=O) groups excluding carboxylic acids is 2. The van der Waals surface area contributed by atoms with Gasteiger partial charge < -0.3 is 20.2 Å². The summed E-state index contributed by atoms with van der Waals surface area (Å²) in [6.07, 6.45) is 10.8. The second-order valence-electron chi connectivity index (χ2n) is 20.1. The van der Waals surface area contributed by atoms with Crippen LogP contribution >= 0.6 is 22.9 Å². The first kappa shape index (κ1) is 50.2. The third kappa shape index (κ3) is 11.1. The molecule has 2 atom stereocenters. The number of aromatic amines is 2. The van der Waals surface area contributed by atoms with Gasteiger partial charge in [-0.2, -0.15) is 5.26 Å². The highest BCUT2D eigenvalue weighted by atomic mass is 35.5. The van der Waals surface area contributed by atoms with E-state index in [1.165, 1.54) is 65.7 Å². The zero-order valence-electron chi connectivity index (χ0n) is 42.2. The SMILES string of the molecule is CCCCNC(=O)c1cccc2[nH]c(C(Cc3ccccc3CN3CCCC3)c3cccc4sc(C(=O)N(CCCC)C(Cc5ccccc5CN5CCCCC5)c5nc6cc(C#N)ccc6[nH]5)c(Cl)c34)nc12. The smallest absolute Gasteiger partial charge is 0.266 e. The van der Waals surface area contributed by atoms with Gasteiger partial charge in [0.25, 0.3) is 11.8 Å². The number of hydrogen-bond donors (Lipinski definition) is 3. The van der Waals surface area contributed by atoms with Gasteiger partial charge in [0.15, 0.2) is 0 Å². The number of nitrogens with zero attached hydrogens (tertiary/aromatic N) is 6. The number of halogens is 1. The van der Waals surface area contributed by atoms with E-state index in [4.69, 9.17) is 21.6 Å². The number of thiophene rings is 1. The van der Waals surface area contributed by atoms with E-state index >= 15 is 4.79 Å². The van der Waals surface area contributed by atoms with Gasteiger partial charge in [0.05, 0.1) is 44.8 Å². The number of para-hydroxylation sites is 1. The fourth-order valence-corrected chi connectivity index (χ4v) is 12.6. The molecule has 2 saturated heterocycles. The molecule has 2 aliphatic rings. The van der Waals surface area contributed by atoms with Gasteiger partial charge in [-0.05, 0) is 135 Å². The number of rotatable bonds is 20. The molecule has 3 N–H and O–H groups in total. The molecular formula is C60H66ClN9O2S. The highest BCUT2D eigenvalue weighted by Gasteiger charge is 2.34. The number of carbonyl (C=O) groups is 2. The average Bonchev–Trinajstić information content (AvgIpc) is 4.25. The van der Waals surface area contributed by atoms with E-state index in [1.54, 1.807) is 6.07 Å². The molecule has 5 heterocycles. The quantitative estimate of drug-likeness (QED) is 0.0647. The Morgan fingerprint density at radius 1 is 0.753 bits per heavy atom. The van der Waals surface area contributed by atoms with Gasteiger partial charge in [0.2, 0.25) is 0 Å². The molecule has 0 aliphatic carbocycles. The summed E-state index contributed by atoms with van der Waals surface area (Å²) in [5.41, 5.74) is 9.90. The van der Waals surface area contributed by atoms with Crippen LogP contribution in [0.4, 0.5) is 0 Å². The largest absolute Gasteiger partial charge is 0.352 e. The molecular weight excluding hydrogens is 946 g/mol. The van der Waals surface area contributed by atoms with Crippen LogP contribution in [-0.4, -0.2) is 85.7 Å². The van der Waals surface area contributed by atoms with Gasteiger partial charge >= 0.3 is 0 Å². The summed E-state index contributed by atoms with van der Waals surface area (Å²) in [5, 5.41) is 14.2. The van der Waals surface area contributed by atoms with Gasteiger partial charge in [-0.25, -0.2) is 9.97 Å². The van der Waals surface area contributed by atoms with Crippen molar-refractivity contribution in [3.05, 3.63) is 164 Å². The summed E-state index contributed by atoms with van der Waals surface area (Å²) in [6.45, 7) is 11.4. The Balaban J connectivity index is 1.08. The van der Waals surface area contributed by atoms with Crippen LogP contribution in [0.5, 0.6) is 0 Å². The molecule has 0 radical (unpaired) electrons. The average molecular weight is 1010 g/mol. The highest BCUT2D eigenvalue weighted by molar-refractivity contribution is 7.21. The lowest BCUT2D eigenvalue weighted by Gasteiger charge is -2.32. The molecule has 3 aromatic heterocycles. The lowest BCUT2D eigenvalue weighted by atomic mass is 9.87. The molecule has 0 spiro atoms. The summed E-state index contributed by atoms with van der Waals surface area (Å²) >= 11 is 9.22. The van der Waals surface area contributed by atoms with Crippen LogP contribution < -0.4 is 5.32 Å². The number of imidazole rings is 2. The summed E-state index contributed by atoms with van der Waals surface area (Å²) in [6, 6.07) is 36.7. The van der Waals surface area contributed by atoms with Crippen LogP contribution in [-0.2, 0) is 25.9 Å². The Kier molecular flexibility index (Phi) is 16.0. The number of aromatic nitrogens is 4. The van der Waals surface area contributed by atoms with E-state index in [1.807, 2.05) is 35.2 Å². The number of nitrogens with one attached hydrogen (secondary N) is 3. The second kappa shape index (κ2) is 23.2. The molecule has 2 unspecified atom stereocenters. The number of benzene rings is 5. The Bertz CT molecular complexity index is 3270. The molecule has 2 amide bonds. The van der Waals surface area contributed by atoms with Crippen LogP contribution in [0.2, 0.25) is 5.02 Å². The summed E-state index contributed by atoms with van der Waals surface area (Å²) in [5.74, 6) is 0.825. The van der Waals surface area contributed by atoms with Crippen molar-refractivity contribution in [2.24, 2.45) is 0 Å². The molecule has 5 aromatic carbocycles. The van der Waals surface area contributed by atoms with E-state index in [0.29, 0.717) is 63.8 Å². The molecule has 2 aliphatic heterocycles. The fraction of sp³-hybridized carbons (Fsp3) is 0.383. The summed E-state index contributed by atoms with van der Waals surface area (Å²) < 4.78 is 0.917. The second-order valence-corrected chi connectivity index (χ2v) is 21.5. The first-order chi connectivity index (χ1) is 35.8. The van der Waals surface area contributed by atoms with Crippen molar-refractivity contribution in [2.75, 3.05) is 39.3 Å². The normalized spacial score (nSPS) is 15.3. The monoisotopic (exact) mass is 1010 g/mol. The van der Waals surface area contributed by atoms with Gasteiger partial charge in [0, 0.05) is 48.6 Å². The van der Waals surface area contributed by atoms with E-state index in [-0.39, 0.29) is 17.7 Å². The lowest BCUT2D eigenvalue weighted by molar-refractivity contribution is 0.0668. The molecule has 11 nitrogen and oxygen atoms in total. The zero-order valence-corrected chi connectivity index (χ0v) is 43.8. The Hall–Kier alpha value is -6.36. The molecule has 73 heavy (non-hydrogen) atoms. The first-order valence-corrected chi connectivity index (χ1v) is 27.8. The minimum Gasteiger partial charge on any atom is -0.352 e. The van der Waals surface area contributed by atoms with Crippen molar-refractivity contribution in [1.29, 1.82) is 5.26 Å². The zero-order chi connectivity index (χ0) is 50.3. The number of likely N-dealkylation sites (tertiary alicyclic amines) is 2. The van der Waals surface area contributed by atoms with E-state index in [2.05, 4.69) is 112 Å². The van der Waals surface area contributed by atoms with Crippen molar-refractivity contribution in [3.8, 4) is 6.07 Å². The first-order valence-electron chi connectivity index (χ1n) is 26.6. The molecule has 8 aromatic rings. The topological polar surface area (TPSA) is 137 Å². The molecule has 2 fully saturated rings. The standard InChI is InChI=1S/C60H66ClN9O2S/c1-3-5-28-63-59(71)46-23-16-24-49-55(46)67-57(65-49)47(35-41-18-8-10-20-43(41)38-69-31-14-15-32-69)45-22-17-25-52-53(45)54(61)56(73-52)60(72)70(33-6-4-2)51(58-64-48-27-26-40(37-62)34-50(48)66-58)36-42-19-9-11-21-44(42)39-68-29-12-7-13-30-68/h8-11,16-27,34,47,51H,3-7,12-15,28-33,35-36,38-39H2,1-2H3,(H,63,71)(H,64,66)(H,65,67). The van der Waals surface area contributed by atoms with E-state index in [9.17, 15) is 10.1 Å². The maximum absolute atomic E-state index is 15.8. The molecule has 10 rings (SSSR count). The van der Waals surface area contributed by atoms with Crippen LogP contribution in [0, 0.1) is 11.3 Å². The number of unbranched alkanes of at least 4 members (excludes halogenated alkanes) is 2. The third-order valence-electron chi connectivity index (χ3n) is 15.0. The number of fused-ring (bicyclic) bond motifs is 3. The minimum absolute atomic E-state index is 0.137. The minimum atomic E-state index is -0.469. The predicted molar refractivity (Wildman–Crippen MR) is 295 cm³/mol. The van der Waals surface area contributed by atoms with Crippen molar-refractivity contribution >= 4 is 66.9 Å².